The van der Waals surface area contributed by atoms with Gasteiger partial charge in [0.05, 0.1) is 16.7 Å². The fraction of sp³-hybridized carbons (Fsp3) is 0.308. The van der Waals surface area contributed by atoms with Crippen LogP contribution in [0.1, 0.15) is 12.8 Å². The summed E-state index contributed by atoms with van der Waals surface area (Å²) in [6.45, 7) is 1.66. The van der Waals surface area contributed by atoms with Crippen molar-refractivity contribution in [3.63, 3.8) is 0 Å². The average molecular weight is 313 g/mol. The first kappa shape index (κ1) is 14.9. The van der Waals surface area contributed by atoms with Crippen LogP contribution in [0.15, 0.2) is 28.8 Å². The molecule has 106 valence electrons. The van der Waals surface area contributed by atoms with Crippen LogP contribution in [0.5, 0.6) is 0 Å². The Morgan fingerprint density at radius 2 is 2.25 bits per heavy atom. The number of halogens is 1. The van der Waals surface area contributed by atoms with Gasteiger partial charge in [0.25, 0.3) is 0 Å². The minimum Gasteiger partial charge on any atom is -0.481 e. The fourth-order valence-electron chi connectivity index (χ4n) is 1.46. The molecule has 20 heavy (non-hydrogen) atoms. The van der Waals surface area contributed by atoms with Crippen LogP contribution >= 0.6 is 23.4 Å². The van der Waals surface area contributed by atoms with Crippen molar-refractivity contribution in [1.29, 1.82) is 0 Å². The Kier molecular flexibility index (Phi) is 5.03. The molecule has 0 radical (unpaired) electrons. The highest BCUT2D eigenvalue weighted by Crippen LogP contribution is 2.25. The molecule has 1 unspecified atom stereocenters. The molecule has 0 fully saturated rings. The van der Waals surface area contributed by atoms with Crippen LogP contribution in [0.3, 0.4) is 0 Å². The third-order valence-corrected chi connectivity index (χ3v) is 4.11. The molecular weight excluding hydrogens is 300 g/mol. The second kappa shape index (κ2) is 6.76. The number of nitrogens with zero attached hydrogens (tertiary/aromatic N) is 2. The number of carboxylic acids is 1. The number of hydrogen-bond donors (Lipinski definition) is 1. The van der Waals surface area contributed by atoms with Gasteiger partial charge < -0.3 is 9.63 Å². The lowest BCUT2D eigenvalue weighted by atomic mass is 10.2. The third-order valence-electron chi connectivity index (χ3n) is 2.60. The lowest BCUT2D eigenvalue weighted by molar-refractivity contribution is -0.140. The number of aromatic nitrogens is 2. The SMILES string of the molecule is CC(CSCc1nc(-c2ccccc2Cl)no1)C(=O)O. The third kappa shape index (κ3) is 3.74. The summed E-state index contributed by atoms with van der Waals surface area (Å²) >= 11 is 7.50. The first-order valence-corrected chi connectivity index (χ1v) is 7.49. The highest BCUT2D eigenvalue weighted by Gasteiger charge is 2.14. The molecular formula is C13H13ClN2O3S. The van der Waals surface area contributed by atoms with Crippen molar-refractivity contribution in [3.8, 4) is 11.4 Å². The van der Waals surface area contributed by atoms with Gasteiger partial charge in [0.2, 0.25) is 11.7 Å². The number of hydrogen-bond acceptors (Lipinski definition) is 5. The molecule has 1 atom stereocenters. The average Bonchev–Trinajstić information content (AvgIpc) is 2.87. The highest BCUT2D eigenvalue weighted by molar-refractivity contribution is 7.98. The molecule has 0 bridgehead atoms. The smallest absolute Gasteiger partial charge is 0.307 e. The number of rotatable bonds is 6. The van der Waals surface area contributed by atoms with Gasteiger partial charge in [0.15, 0.2) is 0 Å². The van der Waals surface area contributed by atoms with Gasteiger partial charge in [-0.25, -0.2) is 0 Å². The van der Waals surface area contributed by atoms with Gasteiger partial charge in [-0.15, -0.1) is 0 Å². The topological polar surface area (TPSA) is 76.2 Å². The van der Waals surface area contributed by atoms with E-state index >= 15 is 0 Å². The Labute approximate surface area is 125 Å². The van der Waals surface area contributed by atoms with Crippen molar-refractivity contribution < 1.29 is 14.4 Å². The molecule has 7 heteroatoms. The minimum absolute atomic E-state index is 0.397. The van der Waals surface area contributed by atoms with E-state index in [-0.39, 0.29) is 0 Å². The zero-order valence-electron chi connectivity index (χ0n) is 10.7. The molecule has 2 aromatic rings. The second-order valence-corrected chi connectivity index (χ2v) is 5.68. The number of carbonyl (C=O) groups is 1. The van der Waals surface area contributed by atoms with Crippen molar-refractivity contribution in [2.24, 2.45) is 5.92 Å². The second-order valence-electron chi connectivity index (χ2n) is 4.25. The molecule has 1 N–H and O–H groups in total. The van der Waals surface area contributed by atoms with E-state index in [0.717, 1.165) is 0 Å². The maximum Gasteiger partial charge on any atom is 0.307 e. The van der Waals surface area contributed by atoms with Crippen molar-refractivity contribution >= 4 is 29.3 Å². The van der Waals surface area contributed by atoms with E-state index in [1.165, 1.54) is 11.8 Å². The van der Waals surface area contributed by atoms with Gasteiger partial charge >= 0.3 is 5.97 Å². The number of carboxylic acid groups (broad SMARTS) is 1. The van der Waals surface area contributed by atoms with Gasteiger partial charge in [-0.05, 0) is 12.1 Å². The Morgan fingerprint density at radius 1 is 1.50 bits per heavy atom. The molecule has 1 heterocycles. The number of aliphatic carboxylic acids is 1. The molecule has 5 nitrogen and oxygen atoms in total. The lowest BCUT2D eigenvalue weighted by Gasteiger charge is -2.02. The van der Waals surface area contributed by atoms with Gasteiger partial charge in [0.1, 0.15) is 0 Å². The monoisotopic (exact) mass is 312 g/mol. The summed E-state index contributed by atoms with van der Waals surface area (Å²) in [5.41, 5.74) is 0.716. The largest absolute Gasteiger partial charge is 0.481 e. The summed E-state index contributed by atoms with van der Waals surface area (Å²) < 4.78 is 5.13. The zero-order chi connectivity index (χ0) is 14.5. The summed E-state index contributed by atoms with van der Waals surface area (Å²) in [7, 11) is 0. The molecule has 0 amide bonds. The normalized spacial score (nSPS) is 12.3. The van der Waals surface area contributed by atoms with Crippen LogP contribution in [-0.2, 0) is 10.5 Å². The van der Waals surface area contributed by atoms with Crippen LogP contribution < -0.4 is 0 Å². The van der Waals surface area contributed by atoms with Crippen LogP contribution in [0.4, 0.5) is 0 Å². The van der Waals surface area contributed by atoms with Crippen molar-refractivity contribution in [2.45, 2.75) is 12.7 Å². The quantitative estimate of drug-likeness (QED) is 0.881. The number of benzene rings is 1. The van der Waals surface area contributed by atoms with Crippen LogP contribution in [0.25, 0.3) is 11.4 Å². The minimum atomic E-state index is -0.806. The predicted octanol–water partition coefficient (Wildman–Crippen LogP) is 3.34. The van der Waals surface area contributed by atoms with E-state index < -0.39 is 11.9 Å². The first-order valence-electron chi connectivity index (χ1n) is 5.96. The number of thioether (sulfide) groups is 1. The van der Waals surface area contributed by atoms with Crippen molar-refractivity contribution in [2.75, 3.05) is 5.75 Å². The van der Waals surface area contributed by atoms with E-state index in [0.29, 0.717) is 33.8 Å². The van der Waals surface area contributed by atoms with Crippen LogP contribution in [0, 0.1) is 5.92 Å². The zero-order valence-corrected chi connectivity index (χ0v) is 12.3. The molecule has 1 aromatic carbocycles. The van der Waals surface area contributed by atoms with E-state index in [9.17, 15) is 4.79 Å². The molecule has 0 aliphatic carbocycles. The highest BCUT2D eigenvalue weighted by atomic mass is 35.5. The van der Waals surface area contributed by atoms with Crippen molar-refractivity contribution in [1.82, 2.24) is 10.1 Å². The summed E-state index contributed by atoms with van der Waals surface area (Å²) in [4.78, 5) is 14.9. The molecule has 0 aliphatic heterocycles. The molecule has 2 rings (SSSR count). The molecule has 0 saturated heterocycles. The molecule has 0 saturated carbocycles. The lowest BCUT2D eigenvalue weighted by Crippen LogP contribution is -2.11. The van der Waals surface area contributed by atoms with Crippen molar-refractivity contribution in [3.05, 3.63) is 35.2 Å². The summed E-state index contributed by atoms with van der Waals surface area (Å²) in [5.74, 6) is 0.680. The summed E-state index contributed by atoms with van der Waals surface area (Å²) in [6.07, 6.45) is 0. The Hall–Kier alpha value is -1.53. The van der Waals surface area contributed by atoms with Gasteiger partial charge in [-0.1, -0.05) is 35.8 Å². The molecule has 0 spiro atoms. The van der Waals surface area contributed by atoms with Crippen LogP contribution in [-0.4, -0.2) is 27.0 Å². The maximum atomic E-state index is 10.7. The van der Waals surface area contributed by atoms with E-state index in [2.05, 4.69) is 10.1 Å². The fourth-order valence-corrected chi connectivity index (χ4v) is 2.59. The van der Waals surface area contributed by atoms with E-state index in [1.54, 1.807) is 13.0 Å². The van der Waals surface area contributed by atoms with Gasteiger partial charge in [-0.3, -0.25) is 4.79 Å². The van der Waals surface area contributed by atoms with E-state index in [1.807, 2.05) is 18.2 Å². The van der Waals surface area contributed by atoms with Crippen LogP contribution in [0.2, 0.25) is 5.02 Å². The van der Waals surface area contributed by atoms with E-state index in [4.69, 9.17) is 21.2 Å². The first-order chi connectivity index (χ1) is 9.58. The molecule has 1 aromatic heterocycles. The Bertz CT molecular complexity index is 603. The Morgan fingerprint density at radius 3 is 2.95 bits per heavy atom. The summed E-state index contributed by atoms with van der Waals surface area (Å²) in [5, 5.41) is 13.2. The summed E-state index contributed by atoms with van der Waals surface area (Å²) in [6, 6.07) is 7.25. The Balaban J connectivity index is 1.96. The predicted molar refractivity (Wildman–Crippen MR) is 77.7 cm³/mol. The van der Waals surface area contributed by atoms with Gasteiger partial charge in [-0.2, -0.15) is 16.7 Å². The standard InChI is InChI=1S/C13H13ClN2O3S/c1-8(13(17)18)6-20-7-11-15-12(16-19-11)9-4-2-3-5-10(9)14/h2-5,8H,6-7H2,1H3,(H,17,18). The maximum absolute atomic E-state index is 10.7. The molecule has 0 aliphatic rings. The van der Waals surface area contributed by atoms with Gasteiger partial charge in [0, 0.05) is 11.3 Å².